The van der Waals surface area contributed by atoms with E-state index in [0.717, 1.165) is 4.90 Å². The lowest BCUT2D eigenvalue weighted by Crippen LogP contribution is -2.55. The first-order valence-corrected chi connectivity index (χ1v) is 9.70. The highest BCUT2D eigenvalue weighted by Gasteiger charge is 2.52. The van der Waals surface area contributed by atoms with E-state index in [1.807, 2.05) is 0 Å². The molecule has 2 fully saturated rings. The van der Waals surface area contributed by atoms with Crippen LogP contribution in [-0.2, 0) is 11.3 Å². The van der Waals surface area contributed by atoms with Crippen LogP contribution in [0.15, 0.2) is 48.5 Å². The van der Waals surface area contributed by atoms with Crippen molar-refractivity contribution >= 4 is 29.4 Å². The fourth-order valence-corrected chi connectivity index (χ4v) is 4.05. The number of hydrogen-bond donors (Lipinski definition) is 1. The first kappa shape index (κ1) is 19.4. The van der Waals surface area contributed by atoms with Gasteiger partial charge in [0.05, 0.1) is 12.1 Å². The molecule has 2 saturated heterocycles. The Kier molecular flexibility index (Phi) is 5.00. The van der Waals surface area contributed by atoms with E-state index < -0.39 is 23.3 Å². The van der Waals surface area contributed by atoms with Crippen LogP contribution in [0.5, 0.6) is 0 Å². The molecule has 0 aliphatic carbocycles. The molecule has 0 aromatic heterocycles. The maximum atomic E-state index is 13.9. The summed E-state index contributed by atoms with van der Waals surface area (Å²) in [5.74, 6) is -1.31. The summed E-state index contributed by atoms with van der Waals surface area (Å²) in [5, 5.41) is 3.29. The predicted octanol–water partition coefficient (Wildman–Crippen LogP) is 3.21. The van der Waals surface area contributed by atoms with Crippen molar-refractivity contribution in [3.63, 3.8) is 0 Å². The number of amides is 4. The molecule has 1 spiro atoms. The molecular weight excluding hydrogens is 397 g/mol. The first-order valence-electron chi connectivity index (χ1n) is 9.33. The Hall–Kier alpha value is -2.93. The molecule has 4 amide bonds. The van der Waals surface area contributed by atoms with E-state index in [1.165, 1.54) is 23.1 Å². The van der Waals surface area contributed by atoms with E-state index in [1.54, 1.807) is 30.3 Å². The van der Waals surface area contributed by atoms with Gasteiger partial charge in [0.15, 0.2) is 0 Å². The van der Waals surface area contributed by atoms with Gasteiger partial charge >= 0.3 is 6.03 Å². The summed E-state index contributed by atoms with van der Waals surface area (Å²) in [5.41, 5.74) is -0.350. The van der Waals surface area contributed by atoms with Gasteiger partial charge in [-0.3, -0.25) is 14.5 Å². The molecule has 2 aromatic carbocycles. The summed E-state index contributed by atoms with van der Waals surface area (Å²) >= 11 is 6.16. The predicted molar refractivity (Wildman–Crippen MR) is 105 cm³/mol. The molecule has 2 heterocycles. The summed E-state index contributed by atoms with van der Waals surface area (Å²) < 4.78 is 13.9. The van der Waals surface area contributed by atoms with E-state index in [0.29, 0.717) is 10.6 Å². The van der Waals surface area contributed by atoms with Gasteiger partial charge in [-0.2, -0.15) is 0 Å². The van der Waals surface area contributed by atoms with Gasteiger partial charge in [0.25, 0.3) is 11.8 Å². The molecule has 4 rings (SSSR count). The second-order valence-electron chi connectivity index (χ2n) is 7.27. The van der Waals surface area contributed by atoms with Crippen molar-refractivity contribution in [2.75, 3.05) is 13.1 Å². The van der Waals surface area contributed by atoms with Crippen molar-refractivity contribution in [1.82, 2.24) is 15.1 Å². The number of imide groups is 1. The maximum Gasteiger partial charge on any atom is 0.325 e. The number of benzene rings is 2. The van der Waals surface area contributed by atoms with E-state index in [9.17, 15) is 18.8 Å². The lowest BCUT2D eigenvalue weighted by atomic mass is 9.87. The van der Waals surface area contributed by atoms with Crippen LogP contribution in [0.1, 0.15) is 28.8 Å². The molecule has 150 valence electrons. The quantitative estimate of drug-likeness (QED) is 0.782. The molecule has 29 heavy (non-hydrogen) atoms. The largest absolute Gasteiger partial charge is 0.338 e. The third-order valence-electron chi connectivity index (χ3n) is 5.54. The fraction of sp³-hybridized carbons (Fsp3) is 0.286. The summed E-state index contributed by atoms with van der Waals surface area (Å²) in [6.07, 6.45) is 0.549. The highest BCUT2D eigenvalue weighted by Crippen LogP contribution is 2.32. The number of likely N-dealkylation sites (tertiary alicyclic amines) is 1. The molecule has 1 N–H and O–H groups in total. The van der Waals surface area contributed by atoms with E-state index in [4.69, 9.17) is 11.6 Å². The molecule has 2 aromatic rings. The smallest absolute Gasteiger partial charge is 0.325 e. The van der Waals surface area contributed by atoms with Crippen LogP contribution < -0.4 is 5.32 Å². The zero-order valence-electron chi connectivity index (χ0n) is 15.5. The zero-order valence-corrected chi connectivity index (χ0v) is 16.3. The minimum absolute atomic E-state index is 0.00517. The van der Waals surface area contributed by atoms with Crippen molar-refractivity contribution in [2.24, 2.45) is 0 Å². The van der Waals surface area contributed by atoms with Crippen LogP contribution in [0, 0.1) is 5.82 Å². The maximum absolute atomic E-state index is 13.9. The lowest BCUT2D eigenvalue weighted by Gasteiger charge is -2.37. The van der Waals surface area contributed by atoms with E-state index >= 15 is 0 Å². The van der Waals surface area contributed by atoms with Gasteiger partial charge in [-0.05, 0) is 36.6 Å². The van der Waals surface area contributed by atoms with E-state index in [-0.39, 0.29) is 43.9 Å². The number of carbonyl (C=O) groups excluding carboxylic acids is 3. The van der Waals surface area contributed by atoms with Crippen molar-refractivity contribution in [2.45, 2.75) is 24.9 Å². The average Bonchev–Trinajstić information content (AvgIpc) is 2.94. The van der Waals surface area contributed by atoms with Gasteiger partial charge in [-0.15, -0.1) is 0 Å². The molecule has 6 nitrogen and oxygen atoms in total. The van der Waals surface area contributed by atoms with Gasteiger partial charge in [0.1, 0.15) is 11.4 Å². The van der Waals surface area contributed by atoms with Crippen molar-refractivity contribution in [3.8, 4) is 0 Å². The molecule has 0 unspecified atom stereocenters. The molecule has 2 aliphatic heterocycles. The first-order chi connectivity index (χ1) is 13.9. The van der Waals surface area contributed by atoms with Crippen molar-refractivity contribution in [1.29, 1.82) is 0 Å². The highest BCUT2D eigenvalue weighted by molar-refractivity contribution is 6.31. The molecule has 0 bridgehead atoms. The third-order valence-corrected chi connectivity index (χ3v) is 5.91. The van der Waals surface area contributed by atoms with Crippen LogP contribution in [-0.4, -0.2) is 46.3 Å². The van der Waals surface area contributed by atoms with Crippen LogP contribution in [0.3, 0.4) is 0 Å². The number of hydrogen-bond acceptors (Lipinski definition) is 3. The second-order valence-corrected chi connectivity index (χ2v) is 7.67. The van der Waals surface area contributed by atoms with Crippen LogP contribution in [0.25, 0.3) is 0 Å². The Morgan fingerprint density at radius 1 is 1.07 bits per heavy atom. The Bertz CT molecular complexity index is 989. The average molecular weight is 416 g/mol. The number of urea groups is 1. The molecule has 0 radical (unpaired) electrons. The van der Waals surface area contributed by atoms with Gasteiger partial charge < -0.3 is 10.2 Å². The van der Waals surface area contributed by atoms with E-state index in [2.05, 4.69) is 5.32 Å². The molecular formula is C21H19ClFN3O3. The topological polar surface area (TPSA) is 69.7 Å². The fourth-order valence-electron chi connectivity index (χ4n) is 3.85. The molecule has 0 saturated carbocycles. The molecule has 2 aliphatic rings. The van der Waals surface area contributed by atoms with Gasteiger partial charge in [0.2, 0.25) is 0 Å². The van der Waals surface area contributed by atoms with Crippen molar-refractivity contribution in [3.05, 3.63) is 70.5 Å². The van der Waals surface area contributed by atoms with Crippen LogP contribution in [0.4, 0.5) is 9.18 Å². The standard InChI is InChI=1S/C21H19ClFN3O3/c22-16-7-3-1-5-14(16)13-26-19(28)21(24-20(26)29)9-11-25(12-10-21)18(27)15-6-2-4-8-17(15)23/h1-8H,9-13H2,(H,24,29). The molecule has 8 heteroatoms. The SMILES string of the molecule is O=C(c1ccccc1F)N1CCC2(CC1)NC(=O)N(Cc1ccccc1Cl)C2=O. The number of carbonyl (C=O) groups is 3. The highest BCUT2D eigenvalue weighted by atomic mass is 35.5. The lowest BCUT2D eigenvalue weighted by molar-refractivity contribution is -0.133. The normalized spacial score (nSPS) is 18.3. The third kappa shape index (κ3) is 3.46. The Balaban J connectivity index is 1.46. The van der Waals surface area contributed by atoms with Crippen molar-refractivity contribution < 1.29 is 18.8 Å². The Morgan fingerprint density at radius 2 is 1.72 bits per heavy atom. The number of halogens is 2. The summed E-state index contributed by atoms with van der Waals surface area (Å²) in [6.45, 7) is 0.586. The van der Waals surface area contributed by atoms with Crippen LogP contribution >= 0.6 is 11.6 Å². The second kappa shape index (κ2) is 7.48. The summed E-state index contributed by atoms with van der Waals surface area (Å²) in [7, 11) is 0. The van der Waals surface area contributed by atoms with Gasteiger partial charge in [-0.25, -0.2) is 9.18 Å². The monoisotopic (exact) mass is 415 g/mol. The summed E-state index contributed by atoms with van der Waals surface area (Å²) in [6, 6.07) is 12.4. The van der Waals surface area contributed by atoms with Gasteiger partial charge in [0, 0.05) is 18.1 Å². The molecule has 0 atom stereocenters. The zero-order chi connectivity index (χ0) is 20.6. The number of nitrogens with one attached hydrogen (secondary N) is 1. The minimum atomic E-state index is -1.04. The Morgan fingerprint density at radius 3 is 2.41 bits per heavy atom. The Labute approximate surface area is 172 Å². The number of piperidine rings is 1. The van der Waals surface area contributed by atoms with Crippen LogP contribution in [0.2, 0.25) is 5.02 Å². The number of rotatable bonds is 3. The number of nitrogens with zero attached hydrogens (tertiary/aromatic N) is 2. The minimum Gasteiger partial charge on any atom is -0.338 e. The summed E-state index contributed by atoms with van der Waals surface area (Å²) in [4.78, 5) is 40.8. The van der Waals surface area contributed by atoms with Gasteiger partial charge in [-0.1, -0.05) is 41.9 Å².